The second-order valence-electron chi connectivity index (χ2n) is 10.4. The maximum Gasteiger partial charge on any atom is 0.322 e. The van der Waals surface area contributed by atoms with E-state index in [1.165, 1.54) is 4.90 Å². The van der Waals surface area contributed by atoms with Crippen molar-refractivity contribution in [1.82, 2.24) is 14.7 Å². The molecule has 0 saturated carbocycles. The molecule has 3 aromatic rings. The molecule has 0 aliphatic carbocycles. The molecule has 186 valence electrons. The fourth-order valence-corrected chi connectivity index (χ4v) is 3.62. The Morgan fingerprint density at radius 3 is 2.26 bits per heavy atom. The summed E-state index contributed by atoms with van der Waals surface area (Å²) in [6, 6.07) is 15.2. The molecule has 0 aliphatic rings. The molecule has 7 nitrogen and oxygen atoms in total. The number of nitrogens with one attached hydrogen (secondary N) is 2. The van der Waals surface area contributed by atoms with E-state index < -0.39 is 0 Å². The van der Waals surface area contributed by atoms with Crippen molar-refractivity contribution in [3.8, 4) is 5.69 Å². The highest BCUT2D eigenvalue weighted by molar-refractivity contribution is 5.97. The number of carbonyl (C=O) groups is 2. The first-order valence-corrected chi connectivity index (χ1v) is 12.0. The zero-order chi connectivity index (χ0) is 25.9. The van der Waals surface area contributed by atoms with Crippen LogP contribution in [0, 0.1) is 20.8 Å². The van der Waals surface area contributed by atoms with Crippen LogP contribution in [0.1, 0.15) is 57.0 Å². The van der Waals surface area contributed by atoms with Gasteiger partial charge in [-0.2, -0.15) is 5.10 Å². The van der Waals surface area contributed by atoms with Crippen LogP contribution in [0.5, 0.6) is 0 Å². The van der Waals surface area contributed by atoms with E-state index in [0.29, 0.717) is 5.82 Å². The van der Waals surface area contributed by atoms with Crippen molar-refractivity contribution >= 4 is 23.4 Å². The van der Waals surface area contributed by atoms with Crippen molar-refractivity contribution in [3.05, 3.63) is 70.9 Å². The van der Waals surface area contributed by atoms with Gasteiger partial charge in [-0.15, -0.1) is 0 Å². The van der Waals surface area contributed by atoms with E-state index in [9.17, 15) is 9.59 Å². The van der Waals surface area contributed by atoms with Gasteiger partial charge in [-0.05, 0) is 63.9 Å². The molecule has 2 N–H and O–H groups in total. The van der Waals surface area contributed by atoms with Crippen LogP contribution in [-0.4, -0.2) is 39.2 Å². The minimum atomic E-state index is -0.314. The summed E-state index contributed by atoms with van der Waals surface area (Å²) in [6.45, 7) is 15.9. The average Bonchev–Trinajstić information content (AvgIpc) is 3.19. The van der Waals surface area contributed by atoms with E-state index in [2.05, 4.69) is 31.4 Å². The van der Waals surface area contributed by atoms with E-state index >= 15 is 0 Å². The highest BCUT2D eigenvalue weighted by Gasteiger charge is 2.24. The molecule has 7 heteroatoms. The number of rotatable bonds is 6. The quantitative estimate of drug-likeness (QED) is 0.460. The van der Waals surface area contributed by atoms with Crippen LogP contribution < -0.4 is 10.6 Å². The van der Waals surface area contributed by atoms with Gasteiger partial charge in [-0.25, -0.2) is 9.48 Å². The van der Waals surface area contributed by atoms with Gasteiger partial charge in [0, 0.05) is 23.2 Å². The maximum absolute atomic E-state index is 13.1. The molecule has 0 aliphatic heterocycles. The van der Waals surface area contributed by atoms with Crippen LogP contribution in [0.25, 0.3) is 5.69 Å². The Morgan fingerprint density at radius 1 is 1.00 bits per heavy atom. The number of nitrogens with zero attached hydrogens (tertiary/aromatic N) is 3. The number of amides is 3. The second kappa shape index (κ2) is 10.3. The molecule has 0 fully saturated rings. The number of anilines is 2. The van der Waals surface area contributed by atoms with Crippen molar-refractivity contribution in [3.63, 3.8) is 0 Å². The van der Waals surface area contributed by atoms with Crippen molar-refractivity contribution in [2.45, 2.75) is 66.8 Å². The Hall–Kier alpha value is -3.61. The minimum Gasteiger partial charge on any atom is -0.313 e. The number of aromatic nitrogens is 2. The molecule has 3 amide bonds. The fraction of sp³-hybridized carbons (Fsp3) is 0.393. The topological polar surface area (TPSA) is 79.3 Å². The van der Waals surface area contributed by atoms with Crippen molar-refractivity contribution in [2.75, 3.05) is 17.2 Å². The molecule has 1 aromatic heterocycles. The number of aryl methyl sites for hydroxylation is 2. The van der Waals surface area contributed by atoms with Gasteiger partial charge < -0.3 is 15.5 Å². The van der Waals surface area contributed by atoms with Crippen molar-refractivity contribution < 1.29 is 9.59 Å². The molecule has 3 rings (SSSR count). The van der Waals surface area contributed by atoms with Crippen LogP contribution in [0.3, 0.4) is 0 Å². The largest absolute Gasteiger partial charge is 0.322 e. The van der Waals surface area contributed by atoms with Gasteiger partial charge in [-0.1, -0.05) is 50.6 Å². The maximum atomic E-state index is 13.1. The monoisotopic (exact) mass is 475 g/mol. The number of carbonyl (C=O) groups excluding carboxylic acids is 2. The molecule has 0 radical (unpaired) electrons. The number of urea groups is 1. The number of hydrogen-bond donors (Lipinski definition) is 2. The predicted molar refractivity (Wildman–Crippen MR) is 142 cm³/mol. The minimum absolute atomic E-state index is 0.0850. The van der Waals surface area contributed by atoms with E-state index in [4.69, 9.17) is 5.10 Å². The van der Waals surface area contributed by atoms with Crippen LogP contribution in [-0.2, 0) is 10.2 Å². The van der Waals surface area contributed by atoms with Gasteiger partial charge in [0.05, 0.1) is 11.4 Å². The molecule has 2 aromatic carbocycles. The summed E-state index contributed by atoms with van der Waals surface area (Å²) in [6.07, 6.45) is 0. The van der Waals surface area contributed by atoms with Crippen LogP contribution in [0.2, 0.25) is 0 Å². The third-order valence-corrected chi connectivity index (χ3v) is 6.07. The lowest BCUT2D eigenvalue weighted by atomic mass is 9.92. The van der Waals surface area contributed by atoms with E-state index in [1.54, 1.807) is 4.68 Å². The standard InChI is InChI=1S/C28H37N5O2/c1-18(2)32(27(35)29-23-11-9-10-20(4)21(23)5)17-26(34)30-25-16-24(28(6,7)8)31-33(25)22-14-12-19(3)13-15-22/h9-16,18H,17H2,1-8H3,(H,29,35)(H,30,34). The Morgan fingerprint density at radius 2 is 1.66 bits per heavy atom. The molecule has 0 atom stereocenters. The summed E-state index contributed by atoms with van der Waals surface area (Å²) in [4.78, 5) is 27.7. The molecule has 0 unspecified atom stereocenters. The highest BCUT2D eigenvalue weighted by Crippen LogP contribution is 2.26. The lowest BCUT2D eigenvalue weighted by Crippen LogP contribution is -2.44. The molecule has 1 heterocycles. The smallest absolute Gasteiger partial charge is 0.313 e. The summed E-state index contributed by atoms with van der Waals surface area (Å²) in [5, 5.41) is 10.7. The Labute approximate surface area is 208 Å². The number of hydrogen-bond acceptors (Lipinski definition) is 3. The predicted octanol–water partition coefficient (Wildman–Crippen LogP) is 5.98. The van der Waals surface area contributed by atoms with Crippen LogP contribution >= 0.6 is 0 Å². The fourth-order valence-electron chi connectivity index (χ4n) is 3.62. The second-order valence-corrected chi connectivity index (χ2v) is 10.4. The van der Waals surface area contributed by atoms with E-state index in [-0.39, 0.29) is 29.9 Å². The van der Waals surface area contributed by atoms with Crippen molar-refractivity contribution in [2.24, 2.45) is 0 Å². The third kappa shape index (κ3) is 6.29. The van der Waals surface area contributed by atoms with Gasteiger partial charge in [0.1, 0.15) is 12.4 Å². The van der Waals surface area contributed by atoms with Crippen LogP contribution in [0.15, 0.2) is 48.5 Å². The Bertz CT molecular complexity index is 1200. The lowest BCUT2D eigenvalue weighted by molar-refractivity contribution is -0.117. The summed E-state index contributed by atoms with van der Waals surface area (Å²) in [7, 11) is 0. The zero-order valence-electron chi connectivity index (χ0n) is 22.1. The highest BCUT2D eigenvalue weighted by atomic mass is 16.2. The number of benzene rings is 2. The van der Waals surface area contributed by atoms with Gasteiger partial charge >= 0.3 is 6.03 Å². The van der Waals surface area contributed by atoms with E-state index in [0.717, 1.165) is 33.8 Å². The van der Waals surface area contributed by atoms with Crippen LogP contribution in [0.4, 0.5) is 16.3 Å². The normalized spacial score (nSPS) is 11.5. The molecule has 0 saturated heterocycles. The summed E-state index contributed by atoms with van der Waals surface area (Å²) < 4.78 is 1.74. The summed E-state index contributed by atoms with van der Waals surface area (Å²) >= 11 is 0. The van der Waals surface area contributed by atoms with E-state index in [1.807, 2.05) is 83.1 Å². The van der Waals surface area contributed by atoms with Gasteiger partial charge in [0.25, 0.3) is 0 Å². The van der Waals surface area contributed by atoms with Gasteiger partial charge in [0.2, 0.25) is 5.91 Å². The first-order valence-electron chi connectivity index (χ1n) is 12.0. The summed E-state index contributed by atoms with van der Waals surface area (Å²) in [5.74, 6) is 0.283. The Kier molecular flexibility index (Phi) is 7.68. The SMILES string of the molecule is Cc1ccc(-n2nc(C(C)(C)C)cc2NC(=O)CN(C(=O)Nc2cccc(C)c2C)C(C)C)cc1. The zero-order valence-corrected chi connectivity index (χ0v) is 22.1. The van der Waals surface area contributed by atoms with Gasteiger partial charge in [-0.3, -0.25) is 4.79 Å². The first kappa shape index (κ1) is 26.0. The molecule has 0 spiro atoms. The molecular weight excluding hydrogens is 438 g/mol. The third-order valence-electron chi connectivity index (χ3n) is 6.07. The van der Waals surface area contributed by atoms with Crippen molar-refractivity contribution in [1.29, 1.82) is 0 Å². The summed E-state index contributed by atoms with van der Waals surface area (Å²) in [5.41, 5.74) is 5.52. The molecule has 0 bridgehead atoms. The Balaban J connectivity index is 1.82. The van der Waals surface area contributed by atoms with Gasteiger partial charge in [0.15, 0.2) is 0 Å². The lowest BCUT2D eigenvalue weighted by Gasteiger charge is -2.27. The first-order chi connectivity index (χ1) is 16.4. The molecular formula is C28H37N5O2. The average molecular weight is 476 g/mol. The molecule has 35 heavy (non-hydrogen) atoms.